The molecule has 9 aliphatic rings. The van der Waals surface area contributed by atoms with Crippen molar-refractivity contribution in [1.82, 2.24) is 54.5 Å². The third-order valence-electron chi connectivity index (χ3n) is 20.8. The zero-order valence-corrected chi connectivity index (χ0v) is 86.4. The fourth-order valence-electron chi connectivity index (χ4n) is 12.8. The van der Waals surface area contributed by atoms with Crippen molar-refractivity contribution in [1.29, 1.82) is 0 Å². The molecule has 115 heavy (non-hydrogen) atoms. The maximum atomic E-state index is 11.5. The Hall–Kier alpha value is -2.08. The van der Waals surface area contributed by atoms with E-state index in [1.165, 1.54) is 148 Å². The van der Waals surface area contributed by atoms with Crippen molar-refractivity contribution < 1.29 is 21.0 Å². The number of likely N-dealkylation sites (N-methyl/N-ethyl adjacent to an activating group) is 1. The van der Waals surface area contributed by atoms with Crippen LogP contribution in [0.25, 0.3) is 0 Å². The van der Waals surface area contributed by atoms with Crippen LogP contribution >= 0.6 is 0 Å². The van der Waals surface area contributed by atoms with Gasteiger partial charge in [0.25, 0.3) is 0 Å². The largest absolute Gasteiger partial charge is 0.304 e. The summed E-state index contributed by atoms with van der Waals surface area (Å²) in [6, 6.07) is 24.3. The van der Waals surface area contributed by atoms with Gasteiger partial charge < -0.3 is 19.6 Å². The van der Waals surface area contributed by atoms with Crippen molar-refractivity contribution in [2.45, 2.75) is 379 Å². The molecule has 0 bridgehead atoms. The van der Waals surface area contributed by atoms with Crippen LogP contribution in [0.2, 0.25) is 0 Å². The van der Waals surface area contributed by atoms with E-state index in [0.29, 0.717) is 41.2 Å². The fourth-order valence-corrected chi connectivity index (χ4v) is 17.4. The van der Waals surface area contributed by atoms with Crippen molar-refractivity contribution in [3.05, 3.63) is 71.8 Å². The highest BCUT2D eigenvalue weighted by molar-refractivity contribution is 8.00. The molecule has 9 aliphatic heterocycles. The Bertz CT molecular complexity index is 2700. The topological polar surface area (TPSA) is 130 Å². The van der Waals surface area contributed by atoms with E-state index in [2.05, 4.69) is 245 Å². The number of likely N-dealkylation sites (tertiary alicyclic amines) is 4. The Labute approximate surface area is 722 Å². The number of hydrogen-bond acceptors (Lipinski definition) is 16. The number of piperazine rings is 1. The van der Waals surface area contributed by atoms with Crippen LogP contribution in [0, 0.1) is 5.92 Å². The molecule has 9 fully saturated rings. The van der Waals surface area contributed by atoms with Crippen molar-refractivity contribution in [3.63, 3.8) is 0 Å². The van der Waals surface area contributed by atoms with Gasteiger partial charge >= 0.3 is 0 Å². The fraction of sp³-hybridized carbons (Fsp3) is 0.865. The summed E-state index contributed by atoms with van der Waals surface area (Å²) in [6.07, 6.45) is 14.4. The van der Waals surface area contributed by atoms with Crippen LogP contribution in [0.3, 0.4) is 0 Å². The maximum absolute atomic E-state index is 11.5. The van der Waals surface area contributed by atoms with Gasteiger partial charge in [-0.2, -0.15) is 0 Å². The van der Waals surface area contributed by atoms with E-state index in [9.17, 15) is 21.0 Å². The minimum Gasteiger partial charge on any atom is -0.304 e. The molecular formula is C96H203N11O5S3. The van der Waals surface area contributed by atoms with Gasteiger partial charge in [-0.25, -0.2) is 21.8 Å². The summed E-state index contributed by atoms with van der Waals surface area (Å²) in [7, 11) is -5.03. The zero-order chi connectivity index (χ0) is 90.4. The SMILES string of the molecule is C=S1(=O)CCN(C(C)(C)C)CC1.CC.CC.CC.CC.CC.CC.CC(C)(C)N1CCCCC1.CC(C)(C)N1CCCS(=O)(=O)C1.CC(C)N1CCC1.CC(C)N1CCCC1.CC(C)N1CCCC1.CC(C)N1CCS(=O)(=O)C1.CC1CNN(C(C)C)C1.CCc1ccccc1.CCc1ccccc1.CN1CCN(C(C)(C)C)CC1. The van der Waals surface area contributed by atoms with Crippen molar-refractivity contribution in [2.75, 3.05) is 160 Å². The number of nitrogens with zero attached hydrogens (tertiary/aromatic N) is 10. The third-order valence-corrected chi connectivity index (χ3v) is 25.8. The minimum atomic E-state index is -2.79. The molecule has 16 nitrogen and oxygen atoms in total. The molecule has 0 saturated carbocycles. The first-order chi connectivity index (χ1) is 53.7. The normalized spacial score (nSPS) is 20.4. The first kappa shape index (κ1) is 124. The molecule has 0 amide bonds. The Kier molecular flexibility index (Phi) is 75.7. The lowest BCUT2D eigenvalue weighted by Gasteiger charge is -2.41. The number of rotatable bonds is 7. The number of benzene rings is 2. The van der Waals surface area contributed by atoms with Gasteiger partial charge in [-0.15, -0.1) is 0 Å². The number of aryl methyl sites for hydroxylation is 2. The first-order valence-electron chi connectivity index (χ1n) is 46.7. The lowest BCUT2D eigenvalue weighted by molar-refractivity contribution is 0.0735. The van der Waals surface area contributed by atoms with Gasteiger partial charge in [-0.05, 0) is 308 Å². The molecule has 0 aromatic heterocycles. The van der Waals surface area contributed by atoms with Gasteiger partial charge in [0.05, 0.1) is 11.5 Å². The lowest BCUT2D eigenvalue weighted by Crippen LogP contribution is -2.52. The highest BCUT2D eigenvalue weighted by atomic mass is 32.2. The second-order valence-corrected chi connectivity index (χ2v) is 42.7. The summed E-state index contributed by atoms with van der Waals surface area (Å²) in [6.45, 7) is 100. The molecule has 0 radical (unpaired) electrons. The molecule has 1 N–H and O–H groups in total. The summed E-state index contributed by atoms with van der Waals surface area (Å²) in [5, 5.41) is 2.30. The molecule has 1 unspecified atom stereocenters. The van der Waals surface area contributed by atoms with Crippen LogP contribution < -0.4 is 5.43 Å². The standard InChI is InChI=1S/C9H20N2.C9H19NOS.C9H19N.C8H17NO2S.2C8H10.C7H16N2.2C7H15N.C6H13NO2S.C6H13N.6C2H6/c1-9(2,3)11-7-5-10(4)6-8-11;1-9(2,3)10-5-7-12(4,11)8-6-10;1-9(2,3)10-7-5-4-6-8-10;1-8(2,3)9-5-4-6-12(10,11)7-9;2*1-2-8-6-4-3-5-7-8;1-6(2)9-5-7(3)4-8-9;2*1-7(2)8-5-3-4-6-8;1-6(2)7-3-4-10(8,9)5-7;1-6(2)7-4-3-5-7;6*1-2/h5-8H2,1-4H3;4-8H2,1-3H3;4-8H2,1-3H3;4-7H2,1-3H3;2*3-7H,2H2,1H3;6-8H,4-5H2,1-3H3;2*7H,3-6H2,1-2H3;6H,3-5H2,1-2H3;6H,3-5H2,1-2H3;6*1-2H3. The predicted octanol–water partition coefficient (Wildman–Crippen LogP) is 20.7. The van der Waals surface area contributed by atoms with E-state index >= 15 is 0 Å². The predicted molar refractivity (Wildman–Crippen MR) is 522 cm³/mol. The van der Waals surface area contributed by atoms with E-state index in [4.69, 9.17) is 0 Å². The van der Waals surface area contributed by atoms with Gasteiger partial charge in [0, 0.05) is 129 Å². The summed E-state index contributed by atoms with van der Waals surface area (Å²) < 4.78 is 55.9. The van der Waals surface area contributed by atoms with E-state index < -0.39 is 29.2 Å². The number of hydrogen-bond donors (Lipinski definition) is 1. The van der Waals surface area contributed by atoms with Crippen LogP contribution in [-0.4, -0.2) is 288 Å². The number of sulfone groups is 2. The van der Waals surface area contributed by atoms with Crippen LogP contribution in [-0.2, 0) is 42.0 Å². The first-order valence-corrected chi connectivity index (χ1v) is 52.4. The average Bonchev–Trinajstić information content (AvgIpc) is 1.72. The third kappa shape index (κ3) is 65.3. The molecule has 2 aromatic rings. The zero-order valence-electron chi connectivity index (χ0n) is 83.9. The quantitative estimate of drug-likeness (QED) is 0.264. The second-order valence-electron chi connectivity index (χ2n) is 35.6. The molecule has 11 rings (SSSR count). The van der Waals surface area contributed by atoms with E-state index in [0.717, 1.165) is 81.0 Å². The average molecular weight is 1690 g/mol. The minimum absolute atomic E-state index is 0.0203. The number of nitrogens with one attached hydrogen (secondary N) is 1. The highest BCUT2D eigenvalue weighted by Crippen LogP contribution is 2.22. The monoisotopic (exact) mass is 1690 g/mol. The van der Waals surface area contributed by atoms with E-state index in [-0.39, 0.29) is 22.8 Å². The highest BCUT2D eigenvalue weighted by Gasteiger charge is 2.31. The van der Waals surface area contributed by atoms with Gasteiger partial charge in [-0.3, -0.25) is 34.1 Å². The molecule has 9 saturated heterocycles. The van der Waals surface area contributed by atoms with Crippen molar-refractivity contribution >= 4 is 35.1 Å². The molecule has 0 spiro atoms. The van der Waals surface area contributed by atoms with Crippen molar-refractivity contribution in [3.8, 4) is 0 Å². The Morgan fingerprint density at radius 1 is 0.357 bits per heavy atom. The molecule has 690 valence electrons. The van der Waals surface area contributed by atoms with Crippen LogP contribution in [0.1, 0.15) is 325 Å². The summed E-state index contributed by atoms with van der Waals surface area (Å²) >= 11 is 0. The van der Waals surface area contributed by atoms with E-state index in [1.54, 1.807) is 0 Å². The summed E-state index contributed by atoms with van der Waals surface area (Å²) in [5.41, 5.74) is 7.12. The number of piperidine rings is 1. The van der Waals surface area contributed by atoms with Crippen LogP contribution in [0.15, 0.2) is 60.7 Å². The smallest absolute Gasteiger partial charge is 0.164 e. The van der Waals surface area contributed by atoms with Gasteiger partial charge in [0.2, 0.25) is 0 Å². The maximum Gasteiger partial charge on any atom is 0.164 e. The van der Waals surface area contributed by atoms with Crippen LogP contribution in [0.4, 0.5) is 0 Å². The van der Waals surface area contributed by atoms with Crippen molar-refractivity contribution in [2.24, 2.45) is 5.92 Å². The summed E-state index contributed by atoms with van der Waals surface area (Å²) in [5.74, 6) is 7.30. The molecule has 9 heterocycles. The molecule has 0 aliphatic carbocycles. The van der Waals surface area contributed by atoms with Gasteiger partial charge in [0.1, 0.15) is 11.8 Å². The van der Waals surface area contributed by atoms with Crippen LogP contribution in [0.5, 0.6) is 0 Å². The number of hydrazine groups is 1. The molecule has 1 atom stereocenters. The van der Waals surface area contributed by atoms with Gasteiger partial charge in [0.15, 0.2) is 19.7 Å². The van der Waals surface area contributed by atoms with Gasteiger partial charge in [-0.1, -0.05) is 171 Å². The molecule has 2 aromatic carbocycles. The Morgan fingerprint density at radius 2 is 0.661 bits per heavy atom. The Morgan fingerprint density at radius 3 is 0.870 bits per heavy atom. The van der Waals surface area contributed by atoms with E-state index in [1.807, 2.05) is 140 Å². The molecular weight excluding hydrogens is 1480 g/mol. The molecule has 19 heteroatoms. The Balaban J connectivity index is -0.000000281. The summed E-state index contributed by atoms with van der Waals surface area (Å²) in [4.78, 5) is 21.4. The lowest BCUT2D eigenvalue weighted by atomic mass is 10.0. The second kappa shape index (κ2) is 70.3.